The van der Waals surface area contributed by atoms with Crippen LogP contribution in [0.1, 0.15) is 5.56 Å². The summed E-state index contributed by atoms with van der Waals surface area (Å²) < 4.78 is 22.4. The molecule has 0 bridgehead atoms. The third-order valence-corrected chi connectivity index (χ3v) is 4.27. The van der Waals surface area contributed by atoms with Crippen LogP contribution in [0.4, 0.5) is 5.69 Å². The zero-order valence-corrected chi connectivity index (χ0v) is 12.0. The van der Waals surface area contributed by atoms with E-state index in [0.29, 0.717) is 6.54 Å². The lowest BCUT2D eigenvalue weighted by Gasteiger charge is -2.06. The van der Waals surface area contributed by atoms with Crippen LogP contribution in [0.5, 0.6) is 0 Å². The Bertz CT molecular complexity index is 867. The van der Waals surface area contributed by atoms with Gasteiger partial charge in [0.25, 0.3) is 0 Å². The molecule has 21 heavy (non-hydrogen) atoms. The number of benzene rings is 2. The van der Waals surface area contributed by atoms with E-state index in [-0.39, 0.29) is 4.90 Å². The van der Waals surface area contributed by atoms with Crippen molar-refractivity contribution in [2.75, 3.05) is 5.32 Å². The van der Waals surface area contributed by atoms with Crippen LogP contribution in [0, 0.1) is 0 Å². The molecule has 108 valence electrons. The molecule has 0 aliphatic rings. The van der Waals surface area contributed by atoms with Crippen molar-refractivity contribution >= 4 is 26.6 Å². The Balaban J connectivity index is 1.76. The van der Waals surface area contributed by atoms with Crippen LogP contribution in [0.15, 0.2) is 59.6 Å². The van der Waals surface area contributed by atoms with Crippen molar-refractivity contribution in [3.8, 4) is 0 Å². The summed E-state index contributed by atoms with van der Waals surface area (Å²) in [7, 11) is -3.64. The zero-order valence-electron chi connectivity index (χ0n) is 11.2. The molecule has 0 aliphatic carbocycles. The molecule has 3 aromatic rings. The van der Waals surface area contributed by atoms with E-state index in [9.17, 15) is 8.42 Å². The van der Waals surface area contributed by atoms with Crippen molar-refractivity contribution in [3.63, 3.8) is 0 Å². The maximum atomic E-state index is 11.2. The highest BCUT2D eigenvalue weighted by molar-refractivity contribution is 7.89. The highest BCUT2D eigenvalue weighted by atomic mass is 32.2. The average molecular weight is 301 g/mol. The number of fused-ring (bicyclic) bond motifs is 1. The summed E-state index contributed by atoms with van der Waals surface area (Å²) in [5, 5.41) is 9.50. The maximum Gasteiger partial charge on any atom is 0.238 e. The van der Waals surface area contributed by atoms with Crippen LogP contribution in [0.25, 0.3) is 10.9 Å². The quantitative estimate of drug-likeness (QED) is 0.691. The predicted molar refractivity (Wildman–Crippen MR) is 83.4 cm³/mol. The van der Waals surface area contributed by atoms with Gasteiger partial charge in [-0.1, -0.05) is 18.2 Å². The van der Waals surface area contributed by atoms with Crippen molar-refractivity contribution in [1.82, 2.24) is 4.98 Å². The number of nitrogens with two attached hydrogens (primary N) is 1. The van der Waals surface area contributed by atoms with Crippen LogP contribution in [0.3, 0.4) is 0 Å². The molecule has 0 atom stereocenters. The molecule has 0 amide bonds. The summed E-state index contributed by atoms with van der Waals surface area (Å²) in [5.41, 5.74) is 3.09. The lowest BCUT2D eigenvalue weighted by atomic mass is 10.2. The Labute approximate surface area is 122 Å². The number of aromatic amines is 1. The summed E-state index contributed by atoms with van der Waals surface area (Å²) >= 11 is 0. The molecule has 1 aromatic heterocycles. The number of para-hydroxylation sites is 1. The minimum Gasteiger partial charge on any atom is -0.381 e. The van der Waals surface area contributed by atoms with Gasteiger partial charge in [-0.15, -0.1) is 0 Å². The van der Waals surface area contributed by atoms with Gasteiger partial charge in [0.2, 0.25) is 10.0 Å². The van der Waals surface area contributed by atoms with E-state index >= 15 is 0 Å². The first-order valence-electron chi connectivity index (χ1n) is 6.46. The number of hydrogen-bond donors (Lipinski definition) is 3. The molecule has 0 saturated heterocycles. The van der Waals surface area contributed by atoms with E-state index in [1.807, 2.05) is 24.4 Å². The van der Waals surface area contributed by atoms with Crippen LogP contribution in [-0.2, 0) is 16.6 Å². The molecular formula is C15H15N3O2S. The second kappa shape index (κ2) is 5.23. The molecule has 0 spiro atoms. The third kappa shape index (κ3) is 2.91. The van der Waals surface area contributed by atoms with Gasteiger partial charge in [0, 0.05) is 29.3 Å². The SMILES string of the molecule is NS(=O)(=O)c1ccc(NCc2c[nH]c3ccccc23)cc1. The minimum absolute atomic E-state index is 0.111. The van der Waals surface area contributed by atoms with Gasteiger partial charge in [0.05, 0.1) is 4.90 Å². The normalized spacial score (nSPS) is 11.7. The van der Waals surface area contributed by atoms with Crippen molar-refractivity contribution in [3.05, 3.63) is 60.3 Å². The monoisotopic (exact) mass is 301 g/mol. The maximum absolute atomic E-state index is 11.2. The van der Waals surface area contributed by atoms with Gasteiger partial charge in [-0.05, 0) is 35.9 Å². The molecule has 4 N–H and O–H groups in total. The smallest absolute Gasteiger partial charge is 0.238 e. The van der Waals surface area contributed by atoms with E-state index in [2.05, 4.69) is 16.4 Å². The Hall–Kier alpha value is -2.31. The molecule has 1 heterocycles. The number of hydrogen-bond acceptors (Lipinski definition) is 3. The predicted octanol–water partition coefficient (Wildman–Crippen LogP) is 2.43. The Morgan fingerprint density at radius 1 is 1.05 bits per heavy atom. The second-order valence-electron chi connectivity index (χ2n) is 4.78. The standard InChI is InChI=1S/C15H15N3O2S/c16-21(19,20)13-7-5-12(6-8-13)17-9-11-10-18-15-4-2-1-3-14(11)15/h1-8,10,17-18H,9H2,(H2,16,19,20). The molecule has 0 unspecified atom stereocenters. The average Bonchev–Trinajstić information content (AvgIpc) is 2.88. The fourth-order valence-corrected chi connectivity index (χ4v) is 2.75. The van der Waals surface area contributed by atoms with E-state index < -0.39 is 10.0 Å². The summed E-state index contributed by atoms with van der Waals surface area (Å²) in [6, 6.07) is 14.5. The number of anilines is 1. The van der Waals surface area contributed by atoms with Gasteiger partial charge >= 0.3 is 0 Å². The number of H-pyrrole nitrogens is 1. The molecule has 0 aliphatic heterocycles. The molecule has 3 rings (SSSR count). The van der Waals surface area contributed by atoms with Crippen molar-refractivity contribution in [2.24, 2.45) is 5.14 Å². The third-order valence-electron chi connectivity index (χ3n) is 3.34. The first-order chi connectivity index (χ1) is 10.0. The van der Waals surface area contributed by atoms with E-state index in [4.69, 9.17) is 5.14 Å². The fourth-order valence-electron chi connectivity index (χ4n) is 2.24. The number of nitrogens with one attached hydrogen (secondary N) is 2. The minimum atomic E-state index is -3.64. The highest BCUT2D eigenvalue weighted by Crippen LogP contribution is 2.19. The van der Waals surface area contributed by atoms with Gasteiger partial charge < -0.3 is 10.3 Å². The molecule has 5 nitrogen and oxygen atoms in total. The summed E-state index contributed by atoms with van der Waals surface area (Å²) in [6.45, 7) is 0.652. The molecule has 0 saturated carbocycles. The van der Waals surface area contributed by atoms with Crippen molar-refractivity contribution in [2.45, 2.75) is 11.4 Å². The lowest BCUT2D eigenvalue weighted by molar-refractivity contribution is 0.598. The van der Waals surface area contributed by atoms with Gasteiger partial charge in [-0.2, -0.15) is 0 Å². The summed E-state index contributed by atoms with van der Waals surface area (Å²) in [5.74, 6) is 0. The van der Waals surface area contributed by atoms with Gasteiger partial charge in [0.15, 0.2) is 0 Å². The lowest BCUT2D eigenvalue weighted by Crippen LogP contribution is -2.11. The number of primary sulfonamides is 1. The summed E-state index contributed by atoms with van der Waals surface area (Å²) in [6.07, 6.45) is 1.97. The second-order valence-corrected chi connectivity index (χ2v) is 6.34. The molecule has 2 aromatic carbocycles. The van der Waals surface area contributed by atoms with Crippen molar-refractivity contribution in [1.29, 1.82) is 0 Å². The van der Waals surface area contributed by atoms with E-state index in [0.717, 1.165) is 16.8 Å². The van der Waals surface area contributed by atoms with E-state index in [1.54, 1.807) is 12.1 Å². The number of rotatable bonds is 4. The molecule has 6 heteroatoms. The van der Waals surface area contributed by atoms with Crippen LogP contribution >= 0.6 is 0 Å². The highest BCUT2D eigenvalue weighted by Gasteiger charge is 2.07. The summed E-state index contributed by atoms with van der Waals surface area (Å²) in [4.78, 5) is 3.33. The Morgan fingerprint density at radius 3 is 2.48 bits per heavy atom. The van der Waals surface area contributed by atoms with Crippen molar-refractivity contribution < 1.29 is 8.42 Å². The molecular weight excluding hydrogens is 286 g/mol. The number of aromatic nitrogens is 1. The van der Waals surface area contributed by atoms with Gasteiger partial charge in [-0.25, -0.2) is 13.6 Å². The van der Waals surface area contributed by atoms with Gasteiger partial charge in [0.1, 0.15) is 0 Å². The largest absolute Gasteiger partial charge is 0.381 e. The van der Waals surface area contributed by atoms with E-state index in [1.165, 1.54) is 17.5 Å². The Kier molecular flexibility index (Phi) is 3.40. The molecule has 0 fully saturated rings. The zero-order chi connectivity index (χ0) is 14.9. The topological polar surface area (TPSA) is 88.0 Å². The van der Waals surface area contributed by atoms with Crippen LogP contribution < -0.4 is 10.5 Å². The molecule has 0 radical (unpaired) electrons. The fraction of sp³-hybridized carbons (Fsp3) is 0.0667. The first kappa shape index (κ1) is 13.7. The van der Waals surface area contributed by atoms with Crippen LogP contribution in [-0.4, -0.2) is 13.4 Å². The first-order valence-corrected chi connectivity index (χ1v) is 8.00. The number of sulfonamides is 1. The van der Waals surface area contributed by atoms with Crippen LogP contribution in [0.2, 0.25) is 0 Å². The van der Waals surface area contributed by atoms with Gasteiger partial charge in [-0.3, -0.25) is 0 Å². The Morgan fingerprint density at radius 2 is 1.76 bits per heavy atom.